The number of ether oxygens (including phenoxy) is 1. The minimum Gasteiger partial charge on any atom is -0.467 e. The van der Waals surface area contributed by atoms with Gasteiger partial charge < -0.3 is 20.3 Å². The first-order valence-electron chi connectivity index (χ1n) is 11.7. The highest BCUT2D eigenvalue weighted by Crippen LogP contribution is 2.31. The van der Waals surface area contributed by atoms with E-state index in [1.807, 2.05) is 55.5 Å². The van der Waals surface area contributed by atoms with E-state index in [4.69, 9.17) is 4.74 Å². The molecule has 0 radical (unpaired) electrons. The largest absolute Gasteiger partial charge is 0.467 e. The second kappa shape index (κ2) is 9.34. The summed E-state index contributed by atoms with van der Waals surface area (Å²) < 4.78 is 7.01. The third-order valence-corrected chi connectivity index (χ3v) is 6.10. The van der Waals surface area contributed by atoms with E-state index in [0.717, 1.165) is 35.5 Å². The summed E-state index contributed by atoms with van der Waals surface area (Å²) in [4.78, 5) is 24.8. The van der Waals surface area contributed by atoms with E-state index in [0.29, 0.717) is 29.0 Å². The lowest BCUT2D eigenvalue weighted by molar-refractivity contribution is 0.102. The van der Waals surface area contributed by atoms with Crippen molar-refractivity contribution in [1.82, 2.24) is 25.1 Å². The van der Waals surface area contributed by atoms with Crippen LogP contribution in [0.5, 0.6) is 6.01 Å². The predicted octanol–water partition coefficient (Wildman–Crippen LogP) is 3.57. The molecule has 1 fully saturated rings. The fraction of sp³-hybridized carbons (Fsp3) is 0.308. The van der Waals surface area contributed by atoms with Crippen LogP contribution in [0.15, 0.2) is 54.7 Å². The highest BCUT2D eigenvalue weighted by Gasteiger charge is 2.25. The Morgan fingerprint density at radius 3 is 2.57 bits per heavy atom. The molecule has 5 rings (SSSR count). The summed E-state index contributed by atoms with van der Waals surface area (Å²) in [5.74, 6) is 0.308. The molecule has 0 bridgehead atoms. The average Bonchev–Trinajstić information content (AvgIpc) is 3.22. The number of carbonyl (C=O) groups excluding carboxylic acids is 1. The van der Waals surface area contributed by atoms with Gasteiger partial charge in [0.25, 0.3) is 5.91 Å². The topological polar surface area (TPSA) is 97.2 Å². The van der Waals surface area contributed by atoms with Crippen LogP contribution in [-0.2, 0) is 0 Å². The summed E-state index contributed by atoms with van der Waals surface area (Å²) in [6.45, 7) is 7.94. The van der Waals surface area contributed by atoms with Gasteiger partial charge in [0.15, 0.2) is 0 Å². The smallest absolute Gasteiger partial charge is 0.316 e. The number of nitrogens with one attached hydrogen (secondary N) is 2. The molecule has 35 heavy (non-hydrogen) atoms. The number of anilines is 2. The molecule has 0 aliphatic carbocycles. The number of aromatic nitrogens is 4. The zero-order chi connectivity index (χ0) is 24.5. The first-order chi connectivity index (χ1) is 16.9. The maximum atomic E-state index is 13.5. The molecule has 3 heterocycles. The van der Waals surface area contributed by atoms with Crippen molar-refractivity contribution in [3.63, 3.8) is 0 Å². The van der Waals surface area contributed by atoms with E-state index in [2.05, 4.69) is 44.4 Å². The Hall–Kier alpha value is -3.98. The second-order valence-electron chi connectivity index (χ2n) is 9.00. The van der Waals surface area contributed by atoms with E-state index in [-0.39, 0.29) is 11.9 Å². The fourth-order valence-electron chi connectivity index (χ4n) is 4.71. The van der Waals surface area contributed by atoms with E-state index in [1.165, 1.54) is 7.11 Å². The number of piperazine rings is 1. The molecular formula is C26H29N7O2. The molecule has 1 aliphatic rings. The van der Waals surface area contributed by atoms with Crippen LogP contribution in [0.25, 0.3) is 16.6 Å². The molecule has 9 heteroatoms. The summed E-state index contributed by atoms with van der Waals surface area (Å²) in [6.07, 6.45) is 1.74. The normalized spacial score (nSPS) is 18.0. The Balaban J connectivity index is 1.54. The molecule has 1 amide bonds. The van der Waals surface area contributed by atoms with Crippen molar-refractivity contribution in [3.05, 3.63) is 66.0 Å². The lowest BCUT2D eigenvalue weighted by Crippen LogP contribution is -2.54. The van der Waals surface area contributed by atoms with Gasteiger partial charge in [-0.15, -0.1) is 0 Å². The molecule has 2 aromatic heterocycles. The summed E-state index contributed by atoms with van der Waals surface area (Å²) >= 11 is 0. The number of methoxy groups -OCH3 is 1. The third kappa shape index (κ3) is 4.54. The number of carbonyl (C=O) groups is 1. The Bertz CT molecular complexity index is 1360. The molecular weight excluding hydrogens is 442 g/mol. The van der Waals surface area contributed by atoms with Crippen molar-refractivity contribution in [3.8, 4) is 11.7 Å². The van der Waals surface area contributed by atoms with Crippen LogP contribution < -0.4 is 20.3 Å². The Kier molecular flexibility index (Phi) is 6.08. The zero-order valence-corrected chi connectivity index (χ0v) is 20.3. The van der Waals surface area contributed by atoms with Crippen LogP contribution in [0.1, 0.15) is 29.9 Å². The maximum absolute atomic E-state index is 13.5. The van der Waals surface area contributed by atoms with Crippen LogP contribution in [0.3, 0.4) is 0 Å². The van der Waals surface area contributed by atoms with E-state index >= 15 is 0 Å². The molecule has 2 atom stereocenters. The van der Waals surface area contributed by atoms with Crippen LogP contribution in [0.2, 0.25) is 0 Å². The summed E-state index contributed by atoms with van der Waals surface area (Å²) in [6, 6.07) is 16.3. The van der Waals surface area contributed by atoms with Crippen molar-refractivity contribution in [1.29, 1.82) is 0 Å². The number of rotatable bonds is 5. The summed E-state index contributed by atoms with van der Waals surface area (Å²) in [7, 11) is 1.52. The van der Waals surface area contributed by atoms with Gasteiger partial charge in [-0.3, -0.25) is 4.79 Å². The summed E-state index contributed by atoms with van der Waals surface area (Å²) in [5, 5.41) is 11.9. The van der Waals surface area contributed by atoms with Gasteiger partial charge in [-0.05, 0) is 45.0 Å². The number of hydrogen-bond donors (Lipinski definition) is 2. The number of para-hydroxylation sites is 1. The molecule has 1 saturated heterocycles. The minimum absolute atomic E-state index is 0.218. The molecule has 9 nitrogen and oxygen atoms in total. The maximum Gasteiger partial charge on any atom is 0.316 e. The molecule has 2 aromatic carbocycles. The fourth-order valence-corrected chi connectivity index (χ4v) is 4.71. The number of amides is 1. The molecule has 2 N–H and O–H groups in total. The second-order valence-corrected chi connectivity index (χ2v) is 9.00. The molecule has 180 valence electrons. The number of benzene rings is 2. The Labute approximate surface area is 204 Å². The van der Waals surface area contributed by atoms with Gasteiger partial charge in [0, 0.05) is 48.5 Å². The predicted molar refractivity (Wildman–Crippen MR) is 137 cm³/mol. The van der Waals surface area contributed by atoms with Gasteiger partial charge in [0.05, 0.1) is 29.6 Å². The average molecular weight is 472 g/mol. The van der Waals surface area contributed by atoms with Gasteiger partial charge in [-0.1, -0.05) is 18.2 Å². The van der Waals surface area contributed by atoms with Gasteiger partial charge in [0.2, 0.25) is 0 Å². The van der Waals surface area contributed by atoms with Crippen molar-refractivity contribution < 1.29 is 9.53 Å². The number of fused-ring (bicyclic) bond motifs is 1. The van der Waals surface area contributed by atoms with E-state index < -0.39 is 0 Å². The molecule has 0 saturated carbocycles. The van der Waals surface area contributed by atoms with E-state index in [1.54, 1.807) is 10.9 Å². The van der Waals surface area contributed by atoms with Crippen LogP contribution in [0.4, 0.5) is 11.5 Å². The highest BCUT2D eigenvalue weighted by atomic mass is 16.5. The highest BCUT2D eigenvalue weighted by molar-refractivity contribution is 6.13. The Morgan fingerprint density at radius 2 is 1.86 bits per heavy atom. The van der Waals surface area contributed by atoms with Gasteiger partial charge in [0.1, 0.15) is 5.82 Å². The molecule has 4 aromatic rings. The zero-order valence-electron chi connectivity index (χ0n) is 20.3. The Morgan fingerprint density at radius 1 is 1.11 bits per heavy atom. The van der Waals surface area contributed by atoms with Crippen molar-refractivity contribution in [2.75, 3.05) is 30.4 Å². The van der Waals surface area contributed by atoms with Crippen molar-refractivity contribution in [2.45, 2.75) is 32.9 Å². The van der Waals surface area contributed by atoms with Crippen molar-refractivity contribution in [2.24, 2.45) is 0 Å². The van der Waals surface area contributed by atoms with Gasteiger partial charge >= 0.3 is 6.01 Å². The quantitative estimate of drug-likeness (QED) is 0.459. The lowest BCUT2D eigenvalue weighted by Gasteiger charge is -2.38. The molecule has 0 unspecified atom stereocenters. The standard InChI is InChI=1S/C26H29N7O2/c1-16-12-23(33(31-16)19-8-6-5-7-9-19)29-25(34)20-10-11-22(32-14-17(2)28-18(3)15-32)21-13-27-26(35-4)30-24(20)21/h5-13,17-18,28H,14-15H2,1-4H3,(H,29,34)/t17-,18-/m0/s1. The van der Waals surface area contributed by atoms with Crippen LogP contribution >= 0.6 is 0 Å². The SMILES string of the molecule is COc1ncc2c(N3C[C@H](C)N[C@@H](C)C3)ccc(C(=O)Nc3cc(C)nn3-c3ccccc3)c2n1. The minimum atomic E-state index is -0.276. The van der Waals surface area contributed by atoms with Crippen LogP contribution in [-0.4, -0.2) is 57.9 Å². The van der Waals surface area contributed by atoms with Gasteiger partial charge in [-0.2, -0.15) is 10.1 Å². The van der Waals surface area contributed by atoms with E-state index in [9.17, 15) is 4.79 Å². The molecule has 1 aliphatic heterocycles. The van der Waals surface area contributed by atoms with Crippen molar-refractivity contribution >= 4 is 28.3 Å². The number of hydrogen-bond acceptors (Lipinski definition) is 7. The monoisotopic (exact) mass is 471 g/mol. The first-order valence-corrected chi connectivity index (χ1v) is 11.7. The van der Waals surface area contributed by atoms with Gasteiger partial charge in [-0.25, -0.2) is 9.67 Å². The van der Waals surface area contributed by atoms with Crippen LogP contribution in [0, 0.1) is 6.92 Å². The molecule has 0 spiro atoms. The lowest BCUT2D eigenvalue weighted by atomic mass is 10.0. The first kappa shape index (κ1) is 22.8. The number of nitrogens with zero attached hydrogens (tertiary/aromatic N) is 5. The third-order valence-electron chi connectivity index (χ3n) is 6.10. The number of aryl methyl sites for hydroxylation is 1. The summed E-state index contributed by atoms with van der Waals surface area (Å²) in [5.41, 5.74) is 3.66.